The van der Waals surface area contributed by atoms with E-state index in [0.717, 1.165) is 4.88 Å². The molecule has 0 saturated heterocycles. The minimum atomic E-state index is -0.547. The van der Waals surface area contributed by atoms with Crippen LogP contribution in [0.15, 0.2) is 21.9 Å². The molecule has 0 aliphatic rings. The van der Waals surface area contributed by atoms with Crippen LogP contribution in [-0.4, -0.2) is 28.5 Å². The number of furan rings is 1. The molecule has 3 aromatic heterocycles. The molecule has 0 fully saturated rings. The first kappa shape index (κ1) is 17.9. The Morgan fingerprint density at radius 1 is 1.31 bits per heavy atom. The molecule has 0 aromatic carbocycles. The predicted octanol–water partition coefficient (Wildman–Crippen LogP) is 2.64. The molecule has 0 radical (unpaired) electrons. The summed E-state index contributed by atoms with van der Waals surface area (Å²) in [6, 6.07) is 3.72. The van der Waals surface area contributed by atoms with Crippen LogP contribution < -0.4 is 5.73 Å². The molecule has 8 nitrogen and oxygen atoms in total. The van der Waals surface area contributed by atoms with E-state index in [1.165, 1.54) is 11.3 Å². The second-order valence-corrected chi connectivity index (χ2v) is 6.41. The zero-order valence-electron chi connectivity index (χ0n) is 14.3. The summed E-state index contributed by atoms with van der Waals surface area (Å²) >= 11 is 1.48. The molecular weight excluding hydrogens is 358 g/mol. The number of esters is 2. The average molecular weight is 375 g/mol. The van der Waals surface area contributed by atoms with Gasteiger partial charge < -0.3 is 19.6 Å². The fourth-order valence-corrected chi connectivity index (χ4v) is 3.14. The minimum absolute atomic E-state index is 0.0687. The van der Waals surface area contributed by atoms with Crippen molar-refractivity contribution in [3.8, 4) is 0 Å². The van der Waals surface area contributed by atoms with Crippen LogP contribution in [0.5, 0.6) is 0 Å². The molecule has 0 aliphatic carbocycles. The number of nitrogens with zero attached hydrogens (tertiary/aromatic N) is 2. The lowest BCUT2D eigenvalue weighted by molar-refractivity contribution is -0.144. The molecule has 2 N–H and O–H groups in total. The highest BCUT2D eigenvalue weighted by Gasteiger charge is 2.24. The van der Waals surface area contributed by atoms with E-state index >= 15 is 0 Å². The van der Waals surface area contributed by atoms with Crippen LogP contribution in [0.3, 0.4) is 0 Å². The molecule has 9 heteroatoms. The molecular formula is C17H17N3O5S. The molecule has 0 bridgehead atoms. The van der Waals surface area contributed by atoms with Crippen LogP contribution in [0.4, 0.5) is 5.82 Å². The van der Waals surface area contributed by atoms with Crippen molar-refractivity contribution in [2.45, 2.75) is 26.9 Å². The average Bonchev–Trinajstić information content (AvgIpc) is 3.20. The molecule has 3 heterocycles. The van der Waals surface area contributed by atoms with E-state index in [9.17, 15) is 9.59 Å². The van der Waals surface area contributed by atoms with Gasteiger partial charge in [-0.1, -0.05) is 6.07 Å². The van der Waals surface area contributed by atoms with Crippen LogP contribution in [0.1, 0.15) is 33.7 Å². The van der Waals surface area contributed by atoms with Crippen LogP contribution in [-0.2, 0) is 27.3 Å². The number of ether oxygens (including phenoxy) is 2. The van der Waals surface area contributed by atoms with Gasteiger partial charge in [0.05, 0.1) is 18.4 Å². The maximum atomic E-state index is 12.1. The van der Waals surface area contributed by atoms with Crippen molar-refractivity contribution in [2.75, 3.05) is 12.3 Å². The summed E-state index contributed by atoms with van der Waals surface area (Å²) in [7, 11) is 0. The second-order valence-electron chi connectivity index (χ2n) is 5.38. The number of fused-ring (bicyclic) bond motifs is 1. The van der Waals surface area contributed by atoms with E-state index in [2.05, 4.69) is 9.97 Å². The van der Waals surface area contributed by atoms with Crippen molar-refractivity contribution in [2.24, 2.45) is 0 Å². The van der Waals surface area contributed by atoms with Gasteiger partial charge in [0.25, 0.3) is 0 Å². The number of hydrogen-bond acceptors (Lipinski definition) is 9. The Balaban J connectivity index is 1.78. The number of aromatic nitrogens is 2. The lowest BCUT2D eigenvalue weighted by Crippen LogP contribution is -2.10. The monoisotopic (exact) mass is 375 g/mol. The zero-order valence-corrected chi connectivity index (χ0v) is 15.1. The summed E-state index contributed by atoms with van der Waals surface area (Å²) in [6.07, 6.45) is 0.183. The first-order valence-electron chi connectivity index (χ1n) is 7.90. The van der Waals surface area contributed by atoms with E-state index in [-0.39, 0.29) is 42.6 Å². The molecule has 0 atom stereocenters. The smallest absolute Gasteiger partial charge is 0.342 e. The molecule has 26 heavy (non-hydrogen) atoms. The highest BCUT2D eigenvalue weighted by atomic mass is 32.1. The maximum absolute atomic E-state index is 12.1. The third kappa shape index (κ3) is 3.67. The van der Waals surface area contributed by atoms with Crippen molar-refractivity contribution in [3.63, 3.8) is 0 Å². The minimum Gasteiger partial charge on any atom is -0.462 e. The fraction of sp³-hybridized carbons (Fsp3) is 0.294. The highest BCUT2D eigenvalue weighted by molar-refractivity contribution is 7.10. The van der Waals surface area contributed by atoms with Crippen molar-refractivity contribution >= 4 is 40.2 Å². The van der Waals surface area contributed by atoms with E-state index in [1.807, 2.05) is 17.5 Å². The number of carbonyl (C=O) groups excluding carboxylic acids is 2. The summed E-state index contributed by atoms with van der Waals surface area (Å²) in [5.41, 5.74) is 6.33. The normalized spacial score (nSPS) is 10.8. The summed E-state index contributed by atoms with van der Waals surface area (Å²) in [5.74, 6) is -0.337. The number of nitrogen functional groups attached to an aromatic ring is 1. The van der Waals surface area contributed by atoms with E-state index in [1.54, 1.807) is 13.8 Å². The topological polar surface area (TPSA) is 118 Å². The molecule has 0 amide bonds. The zero-order chi connectivity index (χ0) is 18.7. The van der Waals surface area contributed by atoms with Gasteiger partial charge in [-0.2, -0.15) is 4.98 Å². The van der Waals surface area contributed by atoms with Gasteiger partial charge in [-0.3, -0.25) is 4.79 Å². The van der Waals surface area contributed by atoms with Gasteiger partial charge in [0.1, 0.15) is 17.1 Å². The Morgan fingerprint density at radius 2 is 2.12 bits per heavy atom. The molecule has 0 aliphatic heterocycles. The largest absolute Gasteiger partial charge is 0.462 e. The number of nitrogens with two attached hydrogens (primary N) is 1. The summed E-state index contributed by atoms with van der Waals surface area (Å²) in [5, 5.41) is 2.19. The lowest BCUT2D eigenvalue weighted by Gasteiger charge is -2.05. The van der Waals surface area contributed by atoms with Gasteiger partial charge in [-0.25, -0.2) is 9.78 Å². The van der Waals surface area contributed by atoms with E-state index in [0.29, 0.717) is 11.1 Å². The van der Waals surface area contributed by atoms with Crippen molar-refractivity contribution in [3.05, 3.63) is 39.5 Å². The Labute approximate surface area is 152 Å². The highest BCUT2D eigenvalue weighted by Crippen LogP contribution is 2.29. The summed E-state index contributed by atoms with van der Waals surface area (Å²) < 4.78 is 15.7. The summed E-state index contributed by atoms with van der Waals surface area (Å²) in [4.78, 5) is 33.2. The molecule has 3 aromatic rings. The number of carbonyl (C=O) groups is 2. The van der Waals surface area contributed by atoms with E-state index in [4.69, 9.17) is 19.6 Å². The molecule has 0 unspecified atom stereocenters. The van der Waals surface area contributed by atoms with Crippen LogP contribution in [0.25, 0.3) is 11.1 Å². The number of rotatable bonds is 6. The Kier molecular flexibility index (Phi) is 5.17. The van der Waals surface area contributed by atoms with Gasteiger partial charge in [0, 0.05) is 4.88 Å². The standard InChI is InChI=1S/C17H17N3O5S/c1-3-23-17(22)13-9(2)25-16-14(13)15(18)19-11(20-16)8-24-12(21)7-10-5-4-6-26-10/h4-6H,3,7-8H2,1-2H3,(H2,18,19,20). The van der Waals surface area contributed by atoms with Gasteiger partial charge in [0.2, 0.25) is 5.71 Å². The molecule has 0 spiro atoms. The second kappa shape index (κ2) is 7.52. The first-order chi connectivity index (χ1) is 12.5. The third-order valence-electron chi connectivity index (χ3n) is 3.54. The van der Waals surface area contributed by atoms with Crippen molar-refractivity contribution in [1.82, 2.24) is 9.97 Å². The van der Waals surface area contributed by atoms with Gasteiger partial charge in [-0.05, 0) is 25.3 Å². The van der Waals surface area contributed by atoms with Crippen molar-refractivity contribution in [1.29, 1.82) is 0 Å². The van der Waals surface area contributed by atoms with Gasteiger partial charge >= 0.3 is 11.9 Å². The van der Waals surface area contributed by atoms with Crippen LogP contribution in [0.2, 0.25) is 0 Å². The van der Waals surface area contributed by atoms with Crippen LogP contribution in [0, 0.1) is 6.92 Å². The van der Waals surface area contributed by atoms with E-state index < -0.39 is 11.9 Å². The fourth-order valence-electron chi connectivity index (χ4n) is 2.45. The predicted molar refractivity (Wildman–Crippen MR) is 94.7 cm³/mol. The Morgan fingerprint density at radius 3 is 2.81 bits per heavy atom. The quantitative estimate of drug-likeness (QED) is 0.653. The molecule has 0 saturated carbocycles. The molecule has 136 valence electrons. The van der Waals surface area contributed by atoms with Gasteiger partial charge in [-0.15, -0.1) is 11.3 Å². The van der Waals surface area contributed by atoms with Gasteiger partial charge in [0.15, 0.2) is 12.4 Å². The maximum Gasteiger partial charge on any atom is 0.342 e. The SMILES string of the molecule is CCOC(=O)c1c(C)oc2nc(COC(=O)Cc3cccs3)nc(N)c12. The lowest BCUT2D eigenvalue weighted by atomic mass is 10.2. The number of aryl methyl sites for hydroxylation is 1. The number of hydrogen-bond donors (Lipinski definition) is 1. The Hall–Kier alpha value is -2.94. The Bertz CT molecular complexity index is 949. The first-order valence-corrected chi connectivity index (χ1v) is 8.78. The van der Waals surface area contributed by atoms with Crippen molar-refractivity contribution < 1.29 is 23.5 Å². The van der Waals surface area contributed by atoms with Crippen LogP contribution >= 0.6 is 11.3 Å². The number of thiophene rings is 1. The third-order valence-corrected chi connectivity index (χ3v) is 4.42. The number of anilines is 1. The summed E-state index contributed by atoms with van der Waals surface area (Å²) in [6.45, 7) is 3.41. The molecule has 3 rings (SSSR count).